The smallest absolute Gasteiger partial charge is 0.251 e. The quantitative estimate of drug-likeness (QED) is 0.730. The van der Waals surface area contributed by atoms with Crippen molar-refractivity contribution < 1.29 is 4.79 Å². The molecule has 3 rings (SSSR count). The molecule has 6 nitrogen and oxygen atoms in total. The van der Waals surface area contributed by atoms with Crippen LogP contribution in [0.2, 0.25) is 0 Å². The zero-order chi connectivity index (χ0) is 18.4. The first-order valence-electron chi connectivity index (χ1n) is 9.15. The first-order chi connectivity index (χ1) is 12.5. The van der Waals surface area contributed by atoms with Gasteiger partial charge in [-0.1, -0.05) is 30.3 Å². The zero-order valence-electron chi connectivity index (χ0n) is 15.5. The summed E-state index contributed by atoms with van der Waals surface area (Å²) in [5, 5.41) is 10.6. The predicted octanol–water partition coefficient (Wildman–Crippen LogP) is 3.09. The molecule has 1 aromatic heterocycles. The molecular weight excluding hydrogens is 346 g/mol. The molecule has 1 aliphatic rings. The highest BCUT2D eigenvalue weighted by Crippen LogP contribution is 2.21. The monoisotopic (exact) mass is 373 g/mol. The third-order valence-electron chi connectivity index (χ3n) is 4.88. The Balaban J connectivity index is 1.49. The average Bonchev–Trinajstić information content (AvgIpc) is 3.19. The van der Waals surface area contributed by atoms with Crippen LogP contribution in [0.3, 0.4) is 0 Å². The number of H-pyrrole nitrogens is 1. The van der Waals surface area contributed by atoms with Gasteiger partial charge in [-0.25, -0.2) is 4.98 Å². The molecule has 2 heterocycles. The van der Waals surface area contributed by atoms with Gasteiger partial charge in [-0.15, -0.1) is 0 Å². The van der Waals surface area contributed by atoms with Gasteiger partial charge in [-0.05, 0) is 57.5 Å². The highest BCUT2D eigenvalue weighted by atomic mass is 32.2. The van der Waals surface area contributed by atoms with Crippen molar-refractivity contribution in [2.24, 2.45) is 0 Å². The average molecular weight is 374 g/mol. The minimum atomic E-state index is -0.0102. The molecule has 2 aromatic rings. The Morgan fingerprint density at radius 2 is 1.96 bits per heavy atom. The SMILES string of the molecule is CC(C)(CNC(=O)c1ccc(CSc2ncn[nH]2)cc1)N1CCCCC1. The second-order valence-electron chi connectivity index (χ2n) is 7.32. The number of aromatic amines is 1. The number of likely N-dealkylation sites (tertiary alicyclic amines) is 1. The maximum atomic E-state index is 12.5. The fraction of sp³-hybridized carbons (Fsp3) is 0.526. The topological polar surface area (TPSA) is 73.9 Å². The lowest BCUT2D eigenvalue weighted by Gasteiger charge is -2.41. The Bertz CT molecular complexity index is 693. The summed E-state index contributed by atoms with van der Waals surface area (Å²) in [5.41, 5.74) is 1.84. The van der Waals surface area contributed by atoms with Gasteiger partial charge >= 0.3 is 0 Å². The molecule has 0 bridgehead atoms. The molecule has 1 saturated heterocycles. The Morgan fingerprint density at radius 3 is 2.62 bits per heavy atom. The molecule has 140 valence electrons. The van der Waals surface area contributed by atoms with Crippen molar-refractivity contribution in [1.29, 1.82) is 0 Å². The Labute approximate surface area is 159 Å². The van der Waals surface area contributed by atoms with E-state index in [-0.39, 0.29) is 11.4 Å². The van der Waals surface area contributed by atoms with Crippen LogP contribution in [0, 0.1) is 0 Å². The second kappa shape index (κ2) is 8.68. The van der Waals surface area contributed by atoms with Gasteiger partial charge in [0.15, 0.2) is 5.16 Å². The molecule has 0 unspecified atom stereocenters. The van der Waals surface area contributed by atoms with Gasteiger partial charge in [0.05, 0.1) is 0 Å². The minimum absolute atomic E-state index is 0.00970. The molecular formula is C19H27N5OS. The van der Waals surface area contributed by atoms with E-state index in [1.165, 1.54) is 25.6 Å². The van der Waals surface area contributed by atoms with Crippen molar-refractivity contribution in [3.63, 3.8) is 0 Å². The normalized spacial score (nSPS) is 15.8. The number of rotatable bonds is 7. The van der Waals surface area contributed by atoms with Crippen molar-refractivity contribution in [1.82, 2.24) is 25.4 Å². The highest BCUT2D eigenvalue weighted by molar-refractivity contribution is 7.98. The Morgan fingerprint density at radius 1 is 1.23 bits per heavy atom. The molecule has 26 heavy (non-hydrogen) atoms. The molecule has 1 amide bonds. The van der Waals surface area contributed by atoms with E-state index < -0.39 is 0 Å². The number of hydrogen-bond acceptors (Lipinski definition) is 5. The molecule has 0 saturated carbocycles. The van der Waals surface area contributed by atoms with Crippen LogP contribution in [-0.4, -0.2) is 51.2 Å². The van der Waals surface area contributed by atoms with Crippen LogP contribution in [0.5, 0.6) is 0 Å². The second-order valence-corrected chi connectivity index (χ2v) is 8.28. The summed E-state index contributed by atoms with van der Waals surface area (Å²) in [4.78, 5) is 19.0. The van der Waals surface area contributed by atoms with E-state index in [1.807, 2.05) is 24.3 Å². The number of carbonyl (C=O) groups is 1. The number of thioether (sulfide) groups is 1. The first kappa shape index (κ1) is 18.9. The number of hydrogen-bond donors (Lipinski definition) is 2. The van der Waals surface area contributed by atoms with Crippen LogP contribution in [-0.2, 0) is 5.75 Å². The van der Waals surface area contributed by atoms with E-state index in [1.54, 1.807) is 11.8 Å². The van der Waals surface area contributed by atoms with Crippen molar-refractivity contribution in [2.75, 3.05) is 19.6 Å². The molecule has 1 aromatic carbocycles. The van der Waals surface area contributed by atoms with Crippen LogP contribution >= 0.6 is 11.8 Å². The van der Waals surface area contributed by atoms with E-state index in [0.717, 1.165) is 29.6 Å². The van der Waals surface area contributed by atoms with Gasteiger partial charge in [-0.3, -0.25) is 14.8 Å². The Kier molecular flexibility index (Phi) is 6.32. The van der Waals surface area contributed by atoms with E-state index in [4.69, 9.17) is 0 Å². The van der Waals surface area contributed by atoms with Gasteiger partial charge < -0.3 is 5.32 Å². The molecule has 0 spiro atoms. The highest BCUT2D eigenvalue weighted by Gasteiger charge is 2.28. The standard InChI is InChI=1S/C19H27N5OS/c1-19(2,24-10-4-3-5-11-24)13-20-17(25)16-8-6-15(7-9-16)12-26-18-21-14-22-23-18/h6-9,14H,3-5,10-13H2,1-2H3,(H,20,25)(H,21,22,23). The van der Waals surface area contributed by atoms with Crippen molar-refractivity contribution in [2.45, 2.75) is 49.6 Å². The van der Waals surface area contributed by atoms with E-state index in [9.17, 15) is 4.79 Å². The van der Waals surface area contributed by atoms with Gasteiger partial charge in [0.2, 0.25) is 0 Å². The third kappa shape index (κ3) is 5.08. The van der Waals surface area contributed by atoms with Crippen molar-refractivity contribution in [3.8, 4) is 0 Å². The fourth-order valence-corrected chi connectivity index (χ4v) is 3.91. The van der Waals surface area contributed by atoms with Gasteiger partial charge in [0.1, 0.15) is 6.33 Å². The summed E-state index contributed by atoms with van der Waals surface area (Å²) in [5.74, 6) is 0.781. The van der Waals surface area contributed by atoms with E-state index in [0.29, 0.717) is 12.1 Å². The Hall–Kier alpha value is -1.86. The number of piperidine rings is 1. The van der Waals surface area contributed by atoms with E-state index in [2.05, 4.69) is 39.2 Å². The first-order valence-corrected chi connectivity index (χ1v) is 10.1. The third-order valence-corrected chi connectivity index (χ3v) is 5.83. The van der Waals surface area contributed by atoms with Gasteiger partial charge in [-0.2, -0.15) is 5.10 Å². The molecule has 2 N–H and O–H groups in total. The number of carbonyl (C=O) groups excluding carboxylic acids is 1. The lowest BCUT2D eigenvalue weighted by molar-refractivity contribution is 0.0797. The summed E-state index contributed by atoms with van der Waals surface area (Å²) < 4.78 is 0. The molecule has 1 fully saturated rings. The summed E-state index contributed by atoms with van der Waals surface area (Å²) in [6, 6.07) is 7.77. The van der Waals surface area contributed by atoms with Gasteiger partial charge in [0.25, 0.3) is 5.91 Å². The molecule has 7 heteroatoms. The number of amides is 1. The number of benzene rings is 1. The summed E-state index contributed by atoms with van der Waals surface area (Å²) in [6.07, 6.45) is 5.33. The van der Waals surface area contributed by atoms with E-state index >= 15 is 0 Å². The summed E-state index contributed by atoms with van der Waals surface area (Å²) >= 11 is 1.59. The molecule has 0 radical (unpaired) electrons. The minimum Gasteiger partial charge on any atom is -0.350 e. The lowest BCUT2D eigenvalue weighted by atomic mass is 9.98. The number of nitrogens with zero attached hydrogens (tertiary/aromatic N) is 3. The molecule has 0 atom stereocenters. The van der Waals surface area contributed by atoms with Crippen molar-refractivity contribution in [3.05, 3.63) is 41.7 Å². The fourth-order valence-electron chi connectivity index (χ4n) is 3.18. The molecule has 1 aliphatic heterocycles. The van der Waals surface area contributed by atoms with Crippen LogP contribution in [0.4, 0.5) is 0 Å². The largest absolute Gasteiger partial charge is 0.350 e. The predicted molar refractivity (Wildman–Crippen MR) is 104 cm³/mol. The van der Waals surface area contributed by atoms with Crippen LogP contribution in [0.15, 0.2) is 35.7 Å². The lowest BCUT2D eigenvalue weighted by Crippen LogP contribution is -2.53. The maximum absolute atomic E-state index is 12.5. The number of nitrogens with one attached hydrogen (secondary N) is 2. The van der Waals surface area contributed by atoms with Crippen LogP contribution in [0.25, 0.3) is 0 Å². The van der Waals surface area contributed by atoms with Gasteiger partial charge in [0, 0.05) is 23.4 Å². The van der Waals surface area contributed by atoms with Crippen molar-refractivity contribution >= 4 is 17.7 Å². The number of aromatic nitrogens is 3. The zero-order valence-corrected chi connectivity index (χ0v) is 16.3. The summed E-state index contributed by atoms with van der Waals surface area (Å²) in [6.45, 7) is 7.33. The molecule has 0 aliphatic carbocycles. The summed E-state index contributed by atoms with van der Waals surface area (Å²) in [7, 11) is 0. The van der Waals surface area contributed by atoms with Crippen LogP contribution in [0.1, 0.15) is 49.0 Å². The maximum Gasteiger partial charge on any atom is 0.251 e. The van der Waals surface area contributed by atoms with Crippen LogP contribution < -0.4 is 5.32 Å².